The van der Waals surface area contributed by atoms with Gasteiger partial charge in [0.25, 0.3) is 0 Å². The third-order valence-electron chi connectivity index (χ3n) is 3.02. The molecule has 0 saturated heterocycles. The summed E-state index contributed by atoms with van der Waals surface area (Å²) in [5.41, 5.74) is 1.13. The highest BCUT2D eigenvalue weighted by Gasteiger charge is 2.11. The first-order valence-electron chi connectivity index (χ1n) is 6.06. The number of anilines is 1. The number of hydrogen-bond acceptors (Lipinski definition) is 4. The Kier molecular flexibility index (Phi) is 3.78. The summed E-state index contributed by atoms with van der Waals surface area (Å²) in [6, 6.07) is 9.83. The predicted molar refractivity (Wildman–Crippen MR) is 85.9 cm³/mol. The van der Waals surface area contributed by atoms with Gasteiger partial charge in [-0.05, 0) is 47.7 Å². The molecule has 0 saturated carbocycles. The molecule has 102 valence electrons. The van der Waals surface area contributed by atoms with Crippen molar-refractivity contribution in [3.8, 4) is 0 Å². The third-order valence-corrected chi connectivity index (χ3v) is 4.25. The molecule has 20 heavy (non-hydrogen) atoms. The lowest BCUT2D eigenvalue weighted by Crippen LogP contribution is -2.08. The number of hydrogen-bond donors (Lipinski definition) is 1. The lowest BCUT2D eigenvalue weighted by molar-refractivity contribution is 0.876. The molecule has 1 atom stereocenters. The zero-order valence-electron chi connectivity index (χ0n) is 10.6. The van der Waals surface area contributed by atoms with Crippen LogP contribution in [-0.2, 0) is 0 Å². The molecule has 1 aromatic carbocycles. The number of fused-ring (bicyclic) bond motifs is 1. The maximum atomic E-state index is 5.96. The highest BCUT2D eigenvalue weighted by Crippen LogP contribution is 2.29. The van der Waals surface area contributed by atoms with E-state index in [2.05, 4.69) is 22.2 Å². The molecule has 2 heterocycles. The van der Waals surface area contributed by atoms with Gasteiger partial charge < -0.3 is 5.32 Å². The molecule has 3 aromatic rings. The van der Waals surface area contributed by atoms with Gasteiger partial charge in [0, 0.05) is 11.1 Å². The Balaban J connectivity index is 1.92. The SMILES string of the molecule is CC(Nc1nc(Cl)nc2sccc12)c1ccc(Cl)cc1. The topological polar surface area (TPSA) is 37.8 Å². The van der Waals surface area contributed by atoms with Crippen LogP contribution in [0.4, 0.5) is 5.82 Å². The zero-order valence-corrected chi connectivity index (χ0v) is 12.9. The minimum Gasteiger partial charge on any atom is -0.363 e. The van der Waals surface area contributed by atoms with Crippen molar-refractivity contribution in [1.29, 1.82) is 0 Å². The van der Waals surface area contributed by atoms with Crippen molar-refractivity contribution in [2.24, 2.45) is 0 Å². The summed E-state index contributed by atoms with van der Waals surface area (Å²) < 4.78 is 0. The molecule has 0 amide bonds. The number of aromatic nitrogens is 2. The van der Waals surface area contributed by atoms with Crippen LogP contribution in [0.3, 0.4) is 0 Å². The highest BCUT2D eigenvalue weighted by molar-refractivity contribution is 7.16. The van der Waals surface area contributed by atoms with Crippen molar-refractivity contribution >= 4 is 50.6 Å². The molecule has 0 aliphatic heterocycles. The van der Waals surface area contributed by atoms with Crippen LogP contribution in [0.5, 0.6) is 0 Å². The van der Waals surface area contributed by atoms with Gasteiger partial charge in [0.2, 0.25) is 5.28 Å². The van der Waals surface area contributed by atoms with Gasteiger partial charge in [0.15, 0.2) is 0 Å². The second-order valence-corrected chi connectivity index (χ2v) is 6.07. The molecule has 0 aliphatic carbocycles. The Labute approximate surface area is 130 Å². The summed E-state index contributed by atoms with van der Waals surface area (Å²) in [6.07, 6.45) is 0. The maximum absolute atomic E-state index is 5.96. The average molecular weight is 324 g/mol. The number of nitrogens with zero attached hydrogens (tertiary/aromatic N) is 2. The fourth-order valence-corrected chi connectivity index (χ4v) is 3.09. The van der Waals surface area contributed by atoms with Crippen LogP contribution >= 0.6 is 34.5 Å². The Morgan fingerprint density at radius 2 is 1.85 bits per heavy atom. The Bertz CT molecular complexity index is 740. The molecule has 3 rings (SSSR count). The standard InChI is InChI=1S/C14H11Cl2N3S/c1-8(9-2-4-10(15)5-3-9)17-12-11-6-7-20-13(11)19-14(16)18-12/h2-8H,1H3,(H,17,18,19). The quantitative estimate of drug-likeness (QED) is 0.675. The van der Waals surface area contributed by atoms with Crippen molar-refractivity contribution in [3.05, 3.63) is 51.6 Å². The molecule has 2 aromatic heterocycles. The largest absolute Gasteiger partial charge is 0.363 e. The molecule has 6 heteroatoms. The minimum absolute atomic E-state index is 0.0985. The number of thiophene rings is 1. The third kappa shape index (κ3) is 2.73. The van der Waals surface area contributed by atoms with Gasteiger partial charge in [-0.15, -0.1) is 11.3 Å². The van der Waals surface area contributed by atoms with E-state index in [1.165, 1.54) is 0 Å². The van der Waals surface area contributed by atoms with Crippen LogP contribution in [0.25, 0.3) is 10.2 Å². The lowest BCUT2D eigenvalue weighted by Gasteiger charge is -2.15. The van der Waals surface area contributed by atoms with Crippen LogP contribution < -0.4 is 5.32 Å². The molecule has 0 fully saturated rings. The first kappa shape index (κ1) is 13.6. The van der Waals surface area contributed by atoms with E-state index in [1.807, 2.05) is 35.7 Å². The Morgan fingerprint density at radius 1 is 1.10 bits per heavy atom. The molecule has 0 aliphatic rings. The van der Waals surface area contributed by atoms with Gasteiger partial charge in [0.05, 0.1) is 5.39 Å². The second-order valence-electron chi connectivity index (χ2n) is 4.40. The van der Waals surface area contributed by atoms with E-state index in [9.17, 15) is 0 Å². The lowest BCUT2D eigenvalue weighted by atomic mass is 10.1. The van der Waals surface area contributed by atoms with E-state index in [4.69, 9.17) is 23.2 Å². The fraction of sp³-hybridized carbons (Fsp3) is 0.143. The Hall–Kier alpha value is -1.36. The van der Waals surface area contributed by atoms with Gasteiger partial charge in [-0.2, -0.15) is 0 Å². The van der Waals surface area contributed by atoms with Crippen LogP contribution in [-0.4, -0.2) is 9.97 Å². The smallest absolute Gasteiger partial charge is 0.225 e. The van der Waals surface area contributed by atoms with E-state index >= 15 is 0 Å². The van der Waals surface area contributed by atoms with Crippen molar-refractivity contribution < 1.29 is 0 Å². The number of nitrogens with one attached hydrogen (secondary N) is 1. The zero-order chi connectivity index (χ0) is 14.1. The summed E-state index contributed by atoms with van der Waals surface area (Å²) in [7, 11) is 0. The summed E-state index contributed by atoms with van der Waals surface area (Å²) >= 11 is 13.4. The first-order valence-corrected chi connectivity index (χ1v) is 7.70. The van der Waals surface area contributed by atoms with Crippen LogP contribution in [0.2, 0.25) is 10.3 Å². The maximum Gasteiger partial charge on any atom is 0.225 e. The van der Waals surface area contributed by atoms with Gasteiger partial charge in [0.1, 0.15) is 10.6 Å². The fourth-order valence-electron chi connectivity index (χ4n) is 1.98. The molecule has 0 bridgehead atoms. The number of rotatable bonds is 3. The van der Waals surface area contributed by atoms with E-state index in [-0.39, 0.29) is 11.3 Å². The molecule has 3 nitrogen and oxygen atoms in total. The van der Waals surface area contributed by atoms with Crippen molar-refractivity contribution in [2.75, 3.05) is 5.32 Å². The first-order chi connectivity index (χ1) is 9.63. The molecule has 0 spiro atoms. The summed E-state index contributed by atoms with van der Waals surface area (Å²) in [5, 5.41) is 7.33. The van der Waals surface area contributed by atoms with E-state index < -0.39 is 0 Å². The summed E-state index contributed by atoms with van der Waals surface area (Å²) in [4.78, 5) is 9.37. The number of halogens is 2. The van der Waals surface area contributed by atoms with Gasteiger partial charge >= 0.3 is 0 Å². The van der Waals surface area contributed by atoms with Gasteiger partial charge in [-0.25, -0.2) is 9.97 Å². The second kappa shape index (κ2) is 5.56. The highest BCUT2D eigenvalue weighted by atomic mass is 35.5. The predicted octanol–water partition coefficient (Wildman–Crippen LogP) is 5.17. The van der Waals surface area contributed by atoms with Gasteiger partial charge in [-0.1, -0.05) is 23.7 Å². The number of benzene rings is 1. The molecule has 1 N–H and O–H groups in total. The monoisotopic (exact) mass is 323 g/mol. The van der Waals surface area contributed by atoms with E-state index in [1.54, 1.807) is 11.3 Å². The molecular formula is C14H11Cl2N3S. The van der Waals surface area contributed by atoms with Crippen LogP contribution in [0.15, 0.2) is 35.7 Å². The summed E-state index contributed by atoms with van der Waals surface area (Å²) in [5.74, 6) is 0.753. The minimum atomic E-state index is 0.0985. The molecular weight excluding hydrogens is 313 g/mol. The van der Waals surface area contributed by atoms with E-state index in [0.29, 0.717) is 0 Å². The van der Waals surface area contributed by atoms with Crippen molar-refractivity contribution in [1.82, 2.24) is 9.97 Å². The average Bonchev–Trinajstić information content (AvgIpc) is 2.87. The van der Waals surface area contributed by atoms with Crippen LogP contribution in [0.1, 0.15) is 18.5 Å². The van der Waals surface area contributed by atoms with Crippen LogP contribution in [0, 0.1) is 0 Å². The molecule has 0 radical (unpaired) electrons. The van der Waals surface area contributed by atoms with Gasteiger partial charge in [-0.3, -0.25) is 0 Å². The summed E-state index contributed by atoms with van der Waals surface area (Å²) in [6.45, 7) is 2.07. The van der Waals surface area contributed by atoms with Crippen molar-refractivity contribution in [2.45, 2.75) is 13.0 Å². The molecule has 1 unspecified atom stereocenters. The van der Waals surface area contributed by atoms with Crippen molar-refractivity contribution in [3.63, 3.8) is 0 Å². The normalized spacial score (nSPS) is 12.6. The Morgan fingerprint density at radius 3 is 2.60 bits per heavy atom. The van der Waals surface area contributed by atoms with E-state index in [0.717, 1.165) is 26.6 Å².